The van der Waals surface area contributed by atoms with E-state index in [0.717, 1.165) is 0 Å². The molecule has 1 aliphatic heterocycles. The highest BCUT2D eigenvalue weighted by molar-refractivity contribution is 5.89. The monoisotopic (exact) mass is 441 g/mol. The van der Waals surface area contributed by atoms with E-state index in [9.17, 15) is 24.5 Å². The zero-order chi connectivity index (χ0) is 23.1. The van der Waals surface area contributed by atoms with Crippen molar-refractivity contribution in [1.29, 1.82) is 0 Å². The minimum Gasteiger partial charge on any atom is -0.457 e. The normalized spacial score (nSPS) is 17.5. The Morgan fingerprint density at radius 2 is 1.81 bits per heavy atom. The predicted octanol–water partition coefficient (Wildman–Crippen LogP) is 2.67. The number of hydrogen-bond donors (Lipinski definition) is 1. The first-order valence-electron chi connectivity index (χ1n) is 10.0. The van der Waals surface area contributed by atoms with E-state index in [1.54, 1.807) is 30.3 Å². The van der Waals surface area contributed by atoms with Gasteiger partial charge in [-0.15, -0.1) is 0 Å². The first kappa shape index (κ1) is 22.7. The molecule has 0 unspecified atom stereocenters. The van der Waals surface area contributed by atoms with E-state index >= 15 is 0 Å². The third kappa shape index (κ3) is 6.03. The van der Waals surface area contributed by atoms with Gasteiger partial charge in [-0.25, -0.2) is 9.59 Å². The molecule has 3 rings (SSSR count). The van der Waals surface area contributed by atoms with Crippen LogP contribution in [0.5, 0.6) is 0 Å². The number of ether oxygens (including phenoxy) is 2. The molecule has 2 aromatic carbocycles. The van der Waals surface area contributed by atoms with Crippen molar-refractivity contribution in [2.75, 3.05) is 13.1 Å². The van der Waals surface area contributed by atoms with E-state index in [1.165, 1.54) is 36.1 Å². The molecule has 10 heteroatoms. The smallest absolute Gasteiger partial charge is 0.410 e. The van der Waals surface area contributed by atoms with Crippen LogP contribution < -0.4 is 5.32 Å². The van der Waals surface area contributed by atoms with Crippen molar-refractivity contribution < 1.29 is 28.8 Å². The maximum absolute atomic E-state index is 12.7. The molecule has 32 heavy (non-hydrogen) atoms. The number of nitrogens with zero attached hydrogens (tertiary/aromatic N) is 2. The number of amides is 2. The highest BCUT2D eigenvalue weighted by atomic mass is 16.6. The van der Waals surface area contributed by atoms with Crippen LogP contribution >= 0.6 is 0 Å². The van der Waals surface area contributed by atoms with Crippen molar-refractivity contribution in [1.82, 2.24) is 10.2 Å². The summed E-state index contributed by atoms with van der Waals surface area (Å²) in [6.07, 6.45) is -0.823. The van der Waals surface area contributed by atoms with Gasteiger partial charge in [0.15, 0.2) is 0 Å². The lowest BCUT2D eigenvalue weighted by Crippen LogP contribution is -2.43. The van der Waals surface area contributed by atoms with Gasteiger partial charge in [0.1, 0.15) is 12.7 Å². The number of esters is 1. The maximum Gasteiger partial charge on any atom is 0.410 e. The number of rotatable bonds is 7. The van der Waals surface area contributed by atoms with E-state index in [1.807, 2.05) is 0 Å². The Balaban J connectivity index is 1.61. The van der Waals surface area contributed by atoms with Gasteiger partial charge in [0.2, 0.25) is 5.91 Å². The van der Waals surface area contributed by atoms with E-state index in [2.05, 4.69) is 5.32 Å². The van der Waals surface area contributed by atoms with Crippen molar-refractivity contribution in [2.45, 2.75) is 32.1 Å². The molecule has 0 aromatic heterocycles. The quantitative estimate of drug-likeness (QED) is 0.397. The molecule has 1 N–H and O–H groups in total. The fourth-order valence-corrected chi connectivity index (χ4v) is 3.37. The molecule has 168 valence electrons. The number of non-ortho nitro benzene ring substituents is 1. The highest BCUT2D eigenvalue weighted by Gasteiger charge is 2.38. The summed E-state index contributed by atoms with van der Waals surface area (Å²) in [5.74, 6) is -0.732. The largest absolute Gasteiger partial charge is 0.457 e. The minimum atomic E-state index is -0.628. The van der Waals surface area contributed by atoms with Crippen LogP contribution in [0, 0.1) is 10.1 Å². The average molecular weight is 441 g/mol. The minimum absolute atomic E-state index is 0.0573. The van der Waals surface area contributed by atoms with Crippen molar-refractivity contribution in [3.05, 3.63) is 75.8 Å². The van der Waals surface area contributed by atoms with E-state index < -0.39 is 29.1 Å². The number of hydrogen-bond acceptors (Lipinski definition) is 7. The van der Waals surface area contributed by atoms with Crippen LogP contribution in [0.3, 0.4) is 0 Å². The Morgan fingerprint density at radius 3 is 2.44 bits per heavy atom. The van der Waals surface area contributed by atoms with Gasteiger partial charge >= 0.3 is 12.1 Å². The molecule has 0 spiro atoms. The average Bonchev–Trinajstić information content (AvgIpc) is 3.19. The molecule has 1 aliphatic rings. The first-order valence-corrected chi connectivity index (χ1v) is 10.0. The molecule has 1 fully saturated rings. The van der Waals surface area contributed by atoms with E-state index in [4.69, 9.17) is 9.47 Å². The van der Waals surface area contributed by atoms with Gasteiger partial charge < -0.3 is 14.8 Å². The molecule has 1 saturated heterocycles. The van der Waals surface area contributed by atoms with Crippen LogP contribution in [0.15, 0.2) is 54.6 Å². The second-order valence-corrected chi connectivity index (χ2v) is 7.35. The standard InChI is InChI=1S/C22H23N3O7/c1-15(26)23-12-19-11-20(32-21(27)17-5-3-2-4-6-17)13-24(19)22(28)31-14-16-7-9-18(10-8-16)25(29)30/h2-10,19-20H,11-14H2,1H3,(H,23,26)/t19-,20+/m0/s1. The fourth-order valence-electron chi connectivity index (χ4n) is 3.37. The first-order chi connectivity index (χ1) is 15.3. The van der Waals surface area contributed by atoms with Crippen LogP contribution in [0.2, 0.25) is 0 Å². The third-order valence-electron chi connectivity index (χ3n) is 4.99. The zero-order valence-corrected chi connectivity index (χ0v) is 17.4. The number of carbonyl (C=O) groups excluding carboxylic acids is 3. The van der Waals surface area contributed by atoms with E-state index in [-0.39, 0.29) is 31.3 Å². The summed E-state index contributed by atoms with van der Waals surface area (Å²) in [7, 11) is 0. The Kier molecular flexibility index (Phi) is 7.37. The zero-order valence-electron chi connectivity index (χ0n) is 17.4. The summed E-state index contributed by atoms with van der Waals surface area (Å²) in [5, 5.41) is 13.4. The second-order valence-electron chi connectivity index (χ2n) is 7.35. The summed E-state index contributed by atoms with van der Waals surface area (Å²) in [6, 6.07) is 13.8. The van der Waals surface area contributed by atoms with Gasteiger partial charge in [-0.2, -0.15) is 0 Å². The fraction of sp³-hybridized carbons (Fsp3) is 0.318. The summed E-state index contributed by atoms with van der Waals surface area (Å²) < 4.78 is 10.9. The molecule has 0 aliphatic carbocycles. The lowest BCUT2D eigenvalue weighted by molar-refractivity contribution is -0.384. The number of benzene rings is 2. The number of likely N-dealkylation sites (tertiary alicyclic amines) is 1. The number of nitro groups is 1. The van der Waals surface area contributed by atoms with Crippen LogP contribution in [-0.4, -0.2) is 53.0 Å². The molecule has 1 heterocycles. The number of nitrogens with one attached hydrogen (secondary N) is 1. The SMILES string of the molecule is CC(=O)NC[C@@H]1C[C@@H](OC(=O)c2ccccc2)CN1C(=O)OCc1ccc([N+](=O)[O-])cc1. The van der Waals surface area contributed by atoms with Crippen LogP contribution in [-0.2, 0) is 20.9 Å². The van der Waals surface area contributed by atoms with E-state index in [0.29, 0.717) is 17.5 Å². The summed E-state index contributed by atoms with van der Waals surface area (Å²) >= 11 is 0. The second kappa shape index (κ2) is 10.4. The maximum atomic E-state index is 12.7. The lowest BCUT2D eigenvalue weighted by Gasteiger charge is -2.23. The summed E-state index contributed by atoms with van der Waals surface area (Å²) in [4.78, 5) is 48.0. The Hall–Kier alpha value is -3.95. The molecule has 2 aromatic rings. The van der Waals surface area contributed by atoms with Crippen molar-refractivity contribution in [3.63, 3.8) is 0 Å². The molecule has 0 radical (unpaired) electrons. The van der Waals surface area contributed by atoms with Crippen molar-refractivity contribution in [3.8, 4) is 0 Å². The van der Waals surface area contributed by atoms with Crippen LogP contribution in [0.1, 0.15) is 29.3 Å². The highest BCUT2D eigenvalue weighted by Crippen LogP contribution is 2.23. The Labute approximate surface area is 184 Å². The molecule has 0 bridgehead atoms. The van der Waals surface area contributed by atoms with Crippen molar-refractivity contribution in [2.24, 2.45) is 0 Å². The molecule has 0 saturated carbocycles. The Bertz CT molecular complexity index is 979. The van der Waals surface area contributed by atoms with Gasteiger partial charge in [0.05, 0.1) is 23.1 Å². The van der Waals surface area contributed by atoms with Crippen LogP contribution in [0.4, 0.5) is 10.5 Å². The molecular weight excluding hydrogens is 418 g/mol. The van der Waals surface area contributed by atoms with Gasteiger partial charge in [-0.3, -0.25) is 19.8 Å². The lowest BCUT2D eigenvalue weighted by atomic mass is 10.2. The summed E-state index contributed by atoms with van der Waals surface area (Å²) in [6.45, 7) is 1.62. The molecule has 10 nitrogen and oxygen atoms in total. The Morgan fingerprint density at radius 1 is 1.12 bits per heavy atom. The molecular formula is C22H23N3O7. The van der Waals surface area contributed by atoms with Crippen molar-refractivity contribution >= 4 is 23.7 Å². The van der Waals surface area contributed by atoms with Crippen LogP contribution in [0.25, 0.3) is 0 Å². The third-order valence-corrected chi connectivity index (χ3v) is 4.99. The number of carbonyl (C=O) groups is 3. The van der Waals surface area contributed by atoms with Gasteiger partial charge in [0, 0.05) is 32.0 Å². The topological polar surface area (TPSA) is 128 Å². The number of nitro benzene ring substituents is 1. The van der Waals surface area contributed by atoms with Gasteiger partial charge in [0.25, 0.3) is 5.69 Å². The molecule has 2 amide bonds. The predicted molar refractivity (Wildman–Crippen MR) is 113 cm³/mol. The summed E-state index contributed by atoms with van der Waals surface area (Å²) in [5.41, 5.74) is 0.941. The molecule has 2 atom stereocenters. The van der Waals surface area contributed by atoms with Gasteiger partial charge in [-0.05, 0) is 29.8 Å². The van der Waals surface area contributed by atoms with Gasteiger partial charge in [-0.1, -0.05) is 18.2 Å².